The molecule has 1 N–H and O–H groups in total. The number of aryl methyl sites for hydroxylation is 2. The Kier molecular flexibility index (Phi) is 7.77. The first-order chi connectivity index (χ1) is 19.4. The Labute approximate surface area is 230 Å². The fourth-order valence-corrected chi connectivity index (χ4v) is 4.25. The van der Waals surface area contributed by atoms with Crippen molar-refractivity contribution >= 4 is 17.5 Å². The van der Waals surface area contributed by atoms with Crippen LogP contribution in [-0.4, -0.2) is 32.0 Å². The van der Waals surface area contributed by atoms with E-state index >= 15 is 0 Å². The van der Waals surface area contributed by atoms with Crippen molar-refractivity contribution in [1.29, 1.82) is 0 Å². The Morgan fingerprint density at radius 1 is 0.950 bits per heavy atom. The molecule has 0 spiro atoms. The van der Waals surface area contributed by atoms with Gasteiger partial charge in [0.15, 0.2) is 5.76 Å². The van der Waals surface area contributed by atoms with Crippen molar-refractivity contribution in [3.8, 4) is 11.6 Å². The van der Waals surface area contributed by atoms with E-state index in [0.29, 0.717) is 22.8 Å². The highest BCUT2D eigenvalue weighted by Crippen LogP contribution is 2.29. The van der Waals surface area contributed by atoms with Crippen molar-refractivity contribution < 1.29 is 18.4 Å². The SMILES string of the molecule is Cc1ccc(C(C(=O)NCc2ccccc2)N(C(=O)Cn2nnc(-c3ccc(C)o3)n2)c2ccc(F)cc2)cc1. The summed E-state index contributed by atoms with van der Waals surface area (Å²) in [5, 5.41) is 15.2. The molecule has 3 aromatic carbocycles. The third kappa shape index (κ3) is 6.12. The van der Waals surface area contributed by atoms with Gasteiger partial charge in [0.25, 0.3) is 5.91 Å². The molecule has 0 aliphatic rings. The van der Waals surface area contributed by atoms with Crippen LogP contribution in [-0.2, 0) is 22.7 Å². The molecule has 5 aromatic rings. The Morgan fingerprint density at radius 3 is 2.35 bits per heavy atom. The molecule has 10 heteroatoms. The molecular weight excluding hydrogens is 511 g/mol. The molecule has 1 atom stereocenters. The smallest absolute Gasteiger partial charge is 0.251 e. The van der Waals surface area contributed by atoms with Crippen molar-refractivity contribution in [3.63, 3.8) is 0 Å². The van der Waals surface area contributed by atoms with Crippen molar-refractivity contribution in [2.24, 2.45) is 0 Å². The molecule has 2 aromatic heterocycles. The van der Waals surface area contributed by atoms with Crippen LogP contribution in [0, 0.1) is 19.7 Å². The van der Waals surface area contributed by atoms with Gasteiger partial charge in [0.05, 0.1) is 0 Å². The Hall–Kier alpha value is -5.12. The highest BCUT2D eigenvalue weighted by atomic mass is 19.1. The minimum atomic E-state index is -1.06. The lowest BCUT2D eigenvalue weighted by Crippen LogP contribution is -2.45. The van der Waals surface area contributed by atoms with Crippen LogP contribution in [0.3, 0.4) is 0 Å². The van der Waals surface area contributed by atoms with Gasteiger partial charge in [0.2, 0.25) is 11.7 Å². The van der Waals surface area contributed by atoms with E-state index in [-0.39, 0.29) is 18.9 Å². The number of anilines is 1. The number of benzene rings is 3. The summed E-state index contributed by atoms with van der Waals surface area (Å²) in [4.78, 5) is 30.2. The molecule has 9 nitrogen and oxygen atoms in total. The number of nitrogens with zero attached hydrogens (tertiary/aromatic N) is 5. The number of amides is 2. The predicted molar refractivity (Wildman–Crippen MR) is 146 cm³/mol. The third-order valence-corrected chi connectivity index (χ3v) is 6.27. The minimum absolute atomic E-state index is 0.227. The number of furan rings is 1. The van der Waals surface area contributed by atoms with E-state index in [4.69, 9.17) is 4.42 Å². The first-order valence-corrected chi connectivity index (χ1v) is 12.7. The van der Waals surface area contributed by atoms with E-state index in [1.807, 2.05) is 49.4 Å². The molecule has 2 amide bonds. The number of carbonyl (C=O) groups excluding carboxylic acids is 2. The first-order valence-electron chi connectivity index (χ1n) is 12.7. The summed E-state index contributed by atoms with van der Waals surface area (Å²) in [5.41, 5.74) is 2.84. The fourth-order valence-electron chi connectivity index (χ4n) is 4.25. The van der Waals surface area contributed by atoms with Crippen LogP contribution in [0.15, 0.2) is 95.4 Å². The Bertz CT molecular complexity index is 1600. The van der Waals surface area contributed by atoms with Crippen LogP contribution in [0.25, 0.3) is 11.6 Å². The second kappa shape index (κ2) is 11.7. The maximum Gasteiger partial charge on any atom is 0.251 e. The zero-order chi connectivity index (χ0) is 28.1. The van der Waals surface area contributed by atoms with Gasteiger partial charge in [0.1, 0.15) is 24.2 Å². The highest BCUT2D eigenvalue weighted by Gasteiger charge is 2.33. The average molecular weight is 539 g/mol. The summed E-state index contributed by atoms with van der Waals surface area (Å²) < 4.78 is 19.4. The van der Waals surface area contributed by atoms with E-state index in [0.717, 1.165) is 15.9 Å². The highest BCUT2D eigenvalue weighted by molar-refractivity contribution is 6.01. The number of nitrogens with one attached hydrogen (secondary N) is 1. The molecule has 2 heterocycles. The first kappa shape index (κ1) is 26.5. The molecule has 0 fully saturated rings. The molecule has 1 unspecified atom stereocenters. The zero-order valence-electron chi connectivity index (χ0n) is 22.0. The lowest BCUT2D eigenvalue weighted by molar-refractivity contribution is -0.127. The molecule has 40 heavy (non-hydrogen) atoms. The normalized spacial score (nSPS) is 11.7. The number of hydrogen-bond donors (Lipinski definition) is 1. The Balaban J connectivity index is 1.49. The number of hydrogen-bond acceptors (Lipinski definition) is 6. The molecule has 0 bridgehead atoms. The van der Waals surface area contributed by atoms with Crippen LogP contribution in [0.5, 0.6) is 0 Å². The summed E-state index contributed by atoms with van der Waals surface area (Å²) in [6.45, 7) is 3.68. The van der Waals surface area contributed by atoms with Gasteiger partial charge in [-0.15, -0.1) is 10.2 Å². The van der Waals surface area contributed by atoms with E-state index < -0.39 is 23.7 Å². The van der Waals surface area contributed by atoms with Crippen molar-refractivity contribution in [2.75, 3.05) is 4.90 Å². The second-order valence-corrected chi connectivity index (χ2v) is 9.31. The number of rotatable bonds is 9. The minimum Gasteiger partial charge on any atom is -0.458 e. The van der Waals surface area contributed by atoms with Crippen LogP contribution < -0.4 is 10.2 Å². The molecule has 0 aliphatic carbocycles. The van der Waals surface area contributed by atoms with E-state index in [9.17, 15) is 14.0 Å². The molecule has 0 aliphatic heterocycles. The molecular formula is C30H27FN6O3. The van der Waals surface area contributed by atoms with E-state index in [1.165, 1.54) is 29.2 Å². The summed E-state index contributed by atoms with van der Waals surface area (Å²) in [6.07, 6.45) is 0. The van der Waals surface area contributed by atoms with Crippen LogP contribution in [0.4, 0.5) is 10.1 Å². The maximum absolute atomic E-state index is 13.9. The van der Waals surface area contributed by atoms with E-state index in [2.05, 4.69) is 20.7 Å². The van der Waals surface area contributed by atoms with Crippen molar-refractivity contribution in [1.82, 2.24) is 25.5 Å². The number of tetrazole rings is 1. The van der Waals surface area contributed by atoms with Gasteiger partial charge in [-0.25, -0.2) is 4.39 Å². The summed E-state index contributed by atoms with van der Waals surface area (Å²) in [5.74, 6) is -0.0233. The largest absolute Gasteiger partial charge is 0.458 e. The van der Waals surface area contributed by atoms with Gasteiger partial charge in [-0.2, -0.15) is 4.80 Å². The Morgan fingerprint density at radius 2 is 1.68 bits per heavy atom. The third-order valence-electron chi connectivity index (χ3n) is 6.27. The van der Waals surface area contributed by atoms with Gasteiger partial charge in [-0.05, 0) is 66.6 Å². The number of aromatic nitrogens is 4. The molecule has 0 saturated carbocycles. The van der Waals surface area contributed by atoms with Crippen molar-refractivity contribution in [2.45, 2.75) is 33.0 Å². The fraction of sp³-hybridized carbons (Fsp3) is 0.167. The van der Waals surface area contributed by atoms with Crippen LogP contribution in [0.1, 0.15) is 28.5 Å². The zero-order valence-corrected chi connectivity index (χ0v) is 22.0. The van der Waals surface area contributed by atoms with Gasteiger partial charge >= 0.3 is 0 Å². The summed E-state index contributed by atoms with van der Waals surface area (Å²) in [7, 11) is 0. The van der Waals surface area contributed by atoms with Crippen LogP contribution in [0.2, 0.25) is 0 Å². The van der Waals surface area contributed by atoms with Crippen LogP contribution >= 0.6 is 0 Å². The van der Waals surface area contributed by atoms with Gasteiger partial charge in [-0.1, -0.05) is 60.2 Å². The maximum atomic E-state index is 13.9. The standard InChI is InChI=1S/C30H27FN6O3/c1-20-8-11-23(12-9-20)28(30(39)32-18-22-6-4-3-5-7-22)37(25-15-13-24(31)14-16-25)27(38)19-36-34-29(33-35-36)26-17-10-21(2)40-26/h3-17,28H,18-19H2,1-2H3,(H,32,39). The van der Waals surface area contributed by atoms with Gasteiger partial charge in [0, 0.05) is 12.2 Å². The molecule has 0 saturated heterocycles. The van der Waals surface area contributed by atoms with Crippen molar-refractivity contribution in [3.05, 3.63) is 119 Å². The van der Waals surface area contributed by atoms with E-state index in [1.54, 1.807) is 31.2 Å². The summed E-state index contributed by atoms with van der Waals surface area (Å²) >= 11 is 0. The predicted octanol–water partition coefficient (Wildman–Crippen LogP) is 4.78. The molecule has 202 valence electrons. The monoisotopic (exact) mass is 538 g/mol. The van der Waals surface area contributed by atoms with Gasteiger partial charge in [-0.3, -0.25) is 14.5 Å². The van der Waals surface area contributed by atoms with Gasteiger partial charge < -0.3 is 9.73 Å². The summed E-state index contributed by atoms with van der Waals surface area (Å²) in [6, 6.07) is 24.7. The average Bonchev–Trinajstić information content (AvgIpc) is 3.61. The second-order valence-electron chi connectivity index (χ2n) is 9.31. The number of halogens is 1. The lowest BCUT2D eigenvalue weighted by Gasteiger charge is -2.31. The lowest BCUT2D eigenvalue weighted by atomic mass is 10.0. The quantitative estimate of drug-likeness (QED) is 0.290. The molecule has 5 rings (SSSR count). The molecule has 0 radical (unpaired) electrons. The number of carbonyl (C=O) groups is 2. The topological polar surface area (TPSA) is 106 Å².